The predicted octanol–water partition coefficient (Wildman–Crippen LogP) is 1.81. The van der Waals surface area contributed by atoms with Gasteiger partial charge in [0.05, 0.1) is 30.1 Å². The maximum absolute atomic E-state index is 12.2. The summed E-state index contributed by atoms with van der Waals surface area (Å²) < 4.78 is 31.5. The van der Waals surface area contributed by atoms with Gasteiger partial charge < -0.3 is 9.64 Å². The summed E-state index contributed by atoms with van der Waals surface area (Å²) in [6.07, 6.45) is 1.22. The predicted molar refractivity (Wildman–Crippen MR) is 116 cm³/mol. The van der Waals surface area contributed by atoms with Gasteiger partial charge in [-0.25, -0.2) is 23.1 Å². The van der Waals surface area contributed by atoms with E-state index in [9.17, 15) is 8.42 Å². The number of nitrogens with zero attached hydrogens (tertiary/aromatic N) is 6. The van der Waals surface area contributed by atoms with Crippen molar-refractivity contribution in [2.24, 2.45) is 5.41 Å². The zero-order valence-electron chi connectivity index (χ0n) is 18.2. The van der Waals surface area contributed by atoms with Gasteiger partial charge in [-0.05, 0) is 11.6 Å². The molecule has 0 aliphatic carbocycles. The Morgan fingerprint density at radius 3 is 2.45 bits per heavy atom. The van der Waals surface area contributed by atoms with Crippen LogP contribution in [0.4, 0.5) is 5.82 Å². The summed E-state index contributed by atoms with van der Waals surface area (Å²) in [6, 6.07) is 6.96. The van der Waals surface area contributed by atoms with Crippen LogP contribution in [0.3, 0.4) is 0 Å². The number of sulfone groups is 1. The molecule has 9 nitrogen and oxygen atoms in total. The molecule has 1 aromatic carbocycles. The molecule has 2 saturated heterocycles. The van der Waals surface area contributed by atoms with Crippen molar-refractivity contribution in [3.05, 3.63) is 35.7 Å². The van der Waals surface area contributed by atoms with Crippen molar-refractivity contribution in [3.8, 4) is 0 Å². The molecule has 0 radical (unpaired) electrons. The molecule has 0 atom stereocenters. The third-order valence-electron chi connectivity index (χ3n) is 5.88. The summed E-state index contributed by atoms with van der Waals surface area (Å²) in [6.45, 7) is 9.82. The van der Waals surface area contributed by atoms with Gasteiger partial charge in [-0.2, -0.15) is 0 Å². The lowest BCUT2D eigenvalue weighted by Gasteiger charge is -2.55. The van der Waals surface area contributed by atoms with Crippen LogP contribution in [0, 0.1) is 5.41 Å². The summed E-state index contributed by atoms with van der Waals surface area (Å²) in [5.74, 6) is 1.50. The van der Waals surface area contributed by atoms with Crippen LogP contribution in [0.25, 0.3) is 11.2 Å². The number of rotatable bonds is 4. The molecule has 2 aliphatic rings. The Morgan fingerprint density at radius 1 is 1.13 bits per heavy atom. The molecule has 10 heteroatoms. The second-order valence-electron chi connectivity index (χ2n) is 9.77. The normalized spacial score (nSPS) is 18.3. The lowest BCUT2D eigenvalue weighted by Crippen LogP contribution is -2.66. The summed E-state index contributed by atoms with van der Waals surface area (Å²) >= 11 is 0. The average molecular weight is 443 g/mol. The first-order valence-electron chi connectivity index (χ1n) is 10.3. The fraction of sp³-hybridized carbons (Fsp3) is 0.524. The second kappa shape index (κ2) is 6.70. The Morgan fingerprint density at radius 2 is 1.84 bits per heavy atom. The minimum absolute atomic E-state index is 0.240. The minimum Gasteiger partial charge on any atom is -0.380 e. The van der Waals surface area contributed by atoms with Gasteiger partial charge in [-0.15, -0.1) is 5.10 Å². The highest BCUT2D eigenvalue weighted by molar-refractivity contribution is 7.90. The highest BCUT2D eigenvalue weighted by atomic mass is 32.2. The van der Waals surface area contributed by atoms with Crippen LogP contribution in [-0.2, 0) is 26.5 Å². The standard InChI is InChI=1S/C21H26N6O3S/c1-20(2,3)19-22-17(26-10-21(11-26)12-30-13-21)16-18(23-19)27(25-24-16)9-14-7-5-6-8-15(14)31(4,28)29/h5-8H,9-13H2,1-4H3. The van der Waals surface area contributed by atoms with Crippen LogP contribution in [-0.4, -0.2) is 65.9 Å². The molecule has 0 amide bonds. The fourth-order valence-electron chi connectivity index (χ4n) is 4.15. The maximum atomic E-state index is 12.2. The van der Waals surface area contributed by atoms with Gasteiger partial charge in [0.15, 0.2) is 26.8 Å². The average Bonchev–Trinajstić information content (AvgIpc) is 3.01. The van der Waals surface area contributed by atoms with Crippen LogP contribution in [0.2, 0.25) is 0 Å². The SMILES string of the molecule is CC(C)(C)c1nc(N2CC3(COC3)C2)c2nnn(Cc3ccccc3S(C)(=O)=O)c2n1. The molecule has 0 saturated carbocycles. The molecular formula is C21H26N6O3S. The van der Waals surface area contributed by atoms with Crippen molar-refractivity contribution >= 4 is 26.8 Å². The van der Waals surface area contributed by atoms with Crippen molar-refractivity contribution < 1.29 is 13.2 Å². The van der Waals surface area contributed by atoms with E-state index in [1.165, 1.54) is 6.26 Å². The van der Waals surface area contributed by atoms with E-state index < -0.39 is 9.84 Å². The molecule has 1 spiro atoms. The third-order valence-corrected chi connectivity index (χ3v) is 7.07. The molecule has 2 aliphatic heterocycles. The van der Waals surface area contributed by atoms with Gasteiger partial charge in [0.1, 0.15) is 5.82 Å². The van der Waals surface area contributed by atoms with Crippen molar-refractivity contribution in [3.63, 3.8) is 0 Å². The third kappa shape index (κ3) is 3.47. The minimum atomic E-state index is -3.36. The zero-order chi connectivity index (χ0) is 22.0. The Bertz CT molecular complexity index is 1270. The van der Waals surface area contributed by atoms with E-state index in [1.54, 1.807) is 22.9 Å². The highest BCUT2D eigenvalue weighted by Crippen LogP contribution is 2.41. The van der Waals surface area contributed by atoms with Gasteiger partial charge in [0.2, 0.25) is 0 Å². The first kappa shape index (κ1) is 20.3. The smallest absolute Gasteiger partial charge is 0.184 e. The molecule has 0 N–H and O–H groups in total. The van der Waals surface area contributed by atoms with Gasteiger partial charge in [-0.3, -0.25) is 0 Å². The van der Waals surface area contributed by atoms with E-state index >= 15 is 0 Å². The molecule has 0 unspecified atom stereocenters. The van der Waals surface area contributed by atoms with Gasteiger partial charge in [0, 0.05) is 24.8 Å². The number of aromatic nitrogens is 5. The topological polar surface area (TPSA) is 103 Å². The van der Waals surface area contributed by atoms with E-state index in [0.717, 1.165) is 32.1 Å². The molecular weight excluding hydrogens is 416 g/mol. The first-order chi connectivity index (χ1) is 14.6. The van der Waals surface area contributed by atoms with Crippen LogP contribution < -0.4 is 4.90 Å². The molecule has 164 valence electrons. The van der Waals surface area contributed by atoms with E-state index in [4.69, 9.17) is 14.7 Å². The zero-order valence-corrected chi connectivity index (χ0v) is 19.0. The van der Waals surface area contributed by atoms with E-state index in [0.29, 0.717) is 27.4 Å². The highest BCUT2D eigenvalue weighted by Gasteiger charge is 2.50. The Labute approximate surface area is 181 Å². The molecule has 31 heavy (non-hydrogen) atoms. The molecule has 5 rings (SSSR count). The lowest BCUT2D eigenvalue weighted by molar-refractivity contribution is -0.127. The summed E-state index contributed by atoms with van der Waals surface area (Å²) in [4.78, 5) is 12.2. The number of hydrogen-bond acceptors (Lipinski definition) is 8. The molecule has 0 bridgehead atoms. The monoisotopic (exact) mass is 442 g/mol. The largest absolute Gasteiger partial charge is 0.380 e. The van der Waals surface area contributed by atoms with E-state index in [-0.39, 0.29) is 17.4 Å². The van der Waals surface area contributed by atoms with E-state index in [1.807, 2.05) is 6.07 Å². The number of fused-ring (bicyclic) bond motifs is 1. The van der Waals surface area contributed by atoms with Gasteiger partial charge >= 0.3 is 0 Å². The van der Waals surface area contributed by atoms with Gasteiger partial charge in [0.25, 0.3) is 0 Å². The number of hydrogen-bond donors (Lipinski definition) is 0. The Hall–Kier alpha value is -2.59. The van der Waals surface area contributed by atoms with Crippen LogP contribution in [0.15, 0.2) is 29.2 Å². The fourth-order valence-corrected chi connectivity index (χ4v) is 5.08. The molecule has 2 fully saturated rings. The molecule has 4 heterocycles. The van der Waals surface area contributed by atoms with Crippen molar-refractivity contribution in [1.82, 2.24) is 25.0 Å². The summed E-state index contributed by atoms with van der Waals surface area (Å²) in [7, 11) is -3.36. The molecule has 3 aromatic rings. The second-order valence-corrected chi connectivity index (χ2v) is 11.8. The maximum Gasteiger partial charge on any atom is 0.184 e. The van der Waals surface area contributed by atoms with Crippen molar-refractivity contribution in [1.29, 1.82) is 0 Å². The van der Waals surface area contributed by atoms with Crippen LogP contribution in [0.1, 0.15) is 32.2 Å². The number of ether oxygens (including phenoxy) is 1. The van der Waals surface area contributed by atoms with Crippen LogP contribution in [0.5, 0.6) is 0 Å². The van der Waals surface area contributed by atoms with Crippen molar-refractivity contribution in [2.45, 2.75) is 37.6 Å². The molecule has 2 aromatic heterocycles. The Kier molecular flexibility index (Phi) is 4.39. The summed E-state index contributed by atoms with van der Waals surface area (Å²) in [5, 5.41) is 8.72. The Balaban J connectivity index is 1.59. The quantitative estimate of drug-likeness (QED) is 0.603. The summed E-state index contributed by atoms with van der Waals surface area (Å²) in [5.41, 5.74) is 1.89. The first-order valence-corrected chi connectivity index (χ1v) is 12.2. The number of benzene rings is 1. The van der Waals surface area contributed by atoms with E-state index in [2.05, 4.69) is 36.0 Å². The number of anilines is 1. The van der Waals surface area contributed by atoms with Crippen LogP contribution >= 0.6 is 0 Å². The van der Waals surface area contributed by atoms with Gasteiger partial charge in [-0.1, -0.05) is 44.2 Å². The lowest BCUT2D eigenvalue weighted by atomic mass is 9.78. The van der Waals surface area contributed by atoms with Crippen molar-refractivity contribution in [2.75, 3.05) is 37.5 Å².